The average molecular weight is 291 g/mol. The summed E-state index contributed by atoms with van der Waals surface area (Å²) < 4.78 is 0. The van der Waals surface area contributed by atoms with Gasteiger partial charge in [-0.15, -0.1) is 0 Å². The second-order valence-electron chi connectivity index (χ2n) is 4.69. The average Bonchev–Trinajstić information content (AvgIpc) is 2.48. The topological polar surface area (TPSA) is 41.0 Å². The molecule has 0 aromatic carbocycles. The van der Waals surface area contributed by atoms with E-state index in [0.29, 0.717) is 5.02 Å². The van der Waals surface area contributed by atoms with Gasteiger partial charge in [0.25, 0.3) is 0 Å². The van der Waals surface area contributed by atoms with E-state index in [1.807, 2.05) is 44.7 Å². The van der Waals surface area contributed by atoms with Gasteiger partial charge in [-0.1, -0.05) is 11.6 Å². The first-order chi connectivity index (χ1) is 9.70. The number of rotatable bonds is 6. The van der Waals surface area contributed by atoms with Crippen LogP contribution in [0.2, 0.25) is 5.02 Å². The van der Waals surface area contributed by atoms with Crippen molar-refractivity contribution in [2.24, 2.45) is 0 Å². The van der Waals surface area contributed by atoms with Crippen LogP contribution in [0.5, 0.6) is 0 Å². The number of nitrogens with zero attached hydrogens (tertiary/aromatic N) is 3. The first-order valence-corrected chi connectivity index (χ1v) is 6.97. The lowest BCUT2D eigenvalue weighted by molar-refractivity contribution is 0.809. The molecule has 2 heterocycles. The predicted octanol–water partition coefficient (Wildman–Crippen LogP) is 2.53. The molecule has 0 amide bonds. The van der Waals surface area contributed by atoms with E-state index in [2.05, 4.69) is 20.2 Å². The molecule has 106 valence electrons. The second-order valence-corrected chi connectivity index (χ2v) is 5.10. The number of aromatic nitrogens is 2. The molecule has 2 aromatic heterocycles. The van der Waals surface area contributed by atoms with E-state index >= 15 is 0 Å². The Bertz CT molecular complexity index is 545. The van der Waals surface area contributed by atoms with Crippen LogP contribution in [-0.4, -0.2) is 30.6 Å². The maximum Gasteiger partial charge on any atom is 0.128 e. The summed E-state index contributed by atoms with van der Waals surface area (Å²) in [5.41, 5.74) is 2.34. The molecule has 0 aliphatic rings. The van der Waals surface area contributed by atoms with Gasteiger partial charge in [0.05, 0.1) is 5.02 Å². The molecular weight excluding hydrogens is 272 g/mol. The van der Waals surface area contributed by atoms with E-state index in [4.69, 9.17) is 11.6 Å². The molecule has 0 fully saturated rings. The highest BCUT2D eigenvalue weighted by Gasteiger charge is 2.07. The number of likely N-dealkylation sites (N-methyl/N-ethyl adjacent to an activating group) is 1. The summed E-state index contributed by atoms with van der Waals surface area (Å²) in [6, 6.07) is 6.11. The minimum Gasteiger partial charge on any atom is -0.359 e. The molecule has 2 aromatic rings. The van der Waals surface area contributed by atoms with Crippen molar-refractivity contribution in [2.75, 3.05) is 25.5 Å². The van der Waals surface area contributed by atoms with Crippen molar-refractivity contribution in [3.05, 3.63) is 52.9 Å². The molecule has 0 saturated carbocycles. The first kappa shape index (κ1) is 14.8. The zero-order valence-corrected chi connectivity index (χ0v) is 12.6. The fourth-order valence-electron chi connectivity index (χ4n) is 1.96. The molecule has 5 heteroatoms. The normalized spacial score (nSPS) is 10.6. The standard InChI is InChI=1S/C15H19ClN4/c1-17-10-13-9-15(19-11-14(13)16)20(2)8-5-12-3-6-18-7-4-12/h3-4,6-7,9,11,17H,5,8,10H2,1-2H3. The Balaban J connectivity index is 2.01. The summed E-state index contributed by atoms with van der Waals surface area (Å²) in [5, 5.41) is 3.81. The third-order valence-corrected chi connectivity index (χ3v) is 3.50. The van der Waals surface area contributed by atoms with E-state index in [0.717, 1.165) is 30.9 Å². The predicted molar refractivity (Wildman–Crippen MR) is 83.2 cm³/mol. The molecule has 20 heavy (non-hydrogen) atoms. The molecule has 0 atom stereocenters. The van der Waals surface area contributed by atoms with Crippen molar-refractivity contribution in [3.8, 4) is 0 Å². The lowest BCUT2D eigenvalue weighted by Gasteiger charge is -2.19. The molecule has 0 bridgehead atoms. The van der Waals surface area contributed by atoms with Crippen molar-refractivity contribution in [1.82, 2.24) is 15.3 Å². The highest BCUT2D eigenvalue weighted by atomic mass is 35.5. The van der Waals surface area contributed by atoms with Crippen LogP contribution in [0.25, 0.3) is 0 Å². The van der Waals surface area contributed by atoms with Crippen LogP contribution in [0.3, 0.4) is 0 Å². The highest BCUT2D eigenvalue weighted by molar-refractivity contribution is 6.31. The van der Waals surface area contributed by atoms with Crippen molar-refractivity contribution < 1.29 is 0 Å². The smallest absolute Gasteiger partial charge is 0.128 e. The summed E-state index contributed by atoms with van der Waals surface area (Å²) in [6.07, 6.45) is 6.32. The van der Waals surface area contributed by atoms with E-state index in [9.17, 15) is 0 Å². The minimum atomic E-state index is 0.700. The third kappa shape index (κ3) is 3.92. The van der Waals surface area contributed by atoms with Crippen LogP contribution in [0.4, 0.5) is 5.82 Å². The van der Waals surface area contributed by atoms with Crippen LogP contribution in [0, 0.1) is 0 Å². The molecule has 0 aliphatic carbocycles. The first-order valence-electron chi connectivity index (χ1n) is 6.59. The van der Waals surface area contributed by atoms with E-state index in [1.54, 1.807) is 6.20 Å². The highest BCUT2D eigenvalue weighted by Crippen LogP contribution is 2.19. The number of pyridine rings is 2. The van der Waals surface area contributed by atoms with Crippen LogP contribution in [-0.2, 0) is 13.0 Å². The van der Waals surface area contributed by atoms with Crippen LogP contribution in [0.1, 0.15) is 11.1 Å². The number of halogens is 1. The number of nitrogens with one attached hydrogen (secondary N) is 1. The lowest BCUT2D eigenvalue weighted by Crippen LogP contribution is -2.22. The van der Waals surface area contributed by atoms with Crippen molar-refractivity contribution >= 4 is 17.4 Å². The Morgan fingerprint density at radius 3 is 2.75 bits per heavy atom. The molecule has 4 nitrogen and oxygen atoms in total. The number of anilines is 1. The Hall–Kier alpha value is -1.65. The molecule has 2 rings (SSSR count). The summed E-state index contributed by atoms with van der Waals surface area (Å²) in [4.78, 5) is 10.5. The molecule has 1 N–H and O–H groups in total. The van der Waals surface area contributed by atoms with Gasteiger partial charge < -0.3 is 10.2 Å². The van der Waals surface area contributed by atoms with Gasteiger partial charge in [0, 0.05) is 38.7 Å². The van der Waals surface area contributed by atoms with Crippen LogP contribution < -0.4 is 10.2 Å². The molecule has 0 radical (unpaired) electrons. The summed E-state index contributed by atoms with van der Waals surface area (Å²) in [5.74, 6) is 0.939. The van der Waals surface area contributed by atoms with Crippen molar-refractivity contribution in [2.45, 2.75) is 13.0 Å². The van der Waals surface area contributed by atoms with Gasteiger partial charge in [-0.25, -0.2) is 4.98 Å². The summed E-state index contributed by atoms with van der Waals surface area (Å²) in [7, 11) is 3.95. The van der Waals surface area contributed by atoms with Crippen LogP contribution in [0.15, 0.2) is 36.8 Å². The monoisotopic (exact) mass is 290 g/mol. The van der Waals surface area contributed by atoms with Crippen LogP contribution >= 0.6 is 11.6 Å². The Labute approximate surface area is 124 Å². The minimum absolute atomic E-state index is 0.700. The van der Waals surface area contributed by atoms with Crippen molar-refractivity contribution in [3.63, 3.8) is 0 Å². The second kappa shape index (κ2) is 7.22. The third-order valence-electron chi connectivity index (χ3n) is 3.16. The molecular formula is C15H19ClN4. The quantitative estimate of drug-likeness (QED) is 0.888. The number of hydrogen-bond acceptors (Lipinski definition) is 4. The van der Waals surface area contributed by atoms with Gasteiger partial charge in [0.1, 0.15) is 5.82 Å². The lowest BCUT2D eigenvalue weighted by atomic mass is 10.2. The molecule has 0 spiro atoms. The maximum absolute atomic E-state index is 6.12. The summed E-state index contributed by atoms with van der Waals surface area (Å²) >= 11 is 6.12. The summed E-state index contributed by atoms with van der Waals surface area (Å²) in [6.45, 7) is 1.64. The Kier molecular flexibility index (Phi) is 5.32. The fourth-order valence-corrected chi connectivity index (χ4v) is 2.13. The molecule has 0 saturated heterocycles. The van der Waals surface area contributed by atoms with Gasteiger partial charge in [-0.3, -0.25) is 4.98 Å². The van der Waals surface area contributed by atoms with Gasteiger partial charge >= 0.3 is 0 Å². The van der Waals surface area contributed by atoms with E-state index in [1.165, 1.54) is 5.56 Å². The largest absolute Gasteiger partial charge is 0.359 e. The maximum atomic E-state index is 6.12. The zero-order chi connectivity index (χ0) is 14.4. The zero-order valence-electron chi connectivity index (χ0n) is 11.8. The van der Waals surface area contributed by atoms with Gasteiger partial charge in [0.15, 0.2) is 0 Å². The molecule has 0 aliphatic heterocycles. The fraction of sp³-hybridized carbons (Fsp3) is 0.333. The van der Waals surface area contributed by atoms with Gasteiger partial charge in [-0.05, 0) is 42.8 Å². The van der Waals surface area contributed by atoms with E-state index in [-0.39, 0.29) is 0 Å². The SMILES string of the molecule is CNCc1cc(N(C)CCc2ccncc2)ncc1Cl. The van der Waals surface area contributed by atoms with Gasteiger partial charge in [-0.2, -0.15) is 0 Å². The Morgan fingerprint density at radius 1 is 1.30 bits per heavy atom. The van der Waals surface area contributed by atoms with E-state index < -0.39 is 0 Å². The molecule has 0 unspecified atom stereocenters. The van der Waals surface area contributed by atoms with Crippen molar-refractivity contribution in [1.29, 1.82) is 0 Å². The van der Waals surface area contributed by atoms with Gasteiger partial charge in [0.2, 0.25) is 0 Å². The Morgan fingerprint density at radius 2 is 2.05 bits per heavy atom. The number of hydrogen-bond donors (Lipinski definition) is 1.